The Labute approximate surface area is 107 Å². The molecule has 0 saturated heterocycles. The maximum Gasteiger partial charge on any atom is 0.0344 e. The Kier molecular flexibility index (Phi) is 4.24. The first-order chi connectivity index (χ1) is 7.80. The van der Waals surface area contributed by atoms with Crippen molar-refractivity contribution in [3.63, 3.8) is 0 Å². The van der Waals surface area contributed by atoms with Gasteiger partial charge in [-0.1, -0.05) is 39.8 Å². The van der Waals surface area contributed by atoms with E-state index in [2.05, 4.69) is 71.1 Å². The van der Waals surface area contributed by atoms with E-state index in [1.54, 1.807) is 0 Å². The second kappa shape index (κ2) is 5.12. The number of nitrogens with one attached hydrogen (secondary N) is 1. The second-order valence-electron chi connectivity index (χ2n) is 6.18. The van der Waals surface area contributed by atoms with Gasteiger partial charge in [-0.15, -0.1) is 0 Å². The van der Waals surface area contributed by atoms with Crippen LogP contribution in [0.25, 0.3) is 0 Å². The molecule has 0 fully saturated rings. The highest BCUT2D eigenvalue weighted by molar-refractivity contribution is 5.47. The largest absolute Gasteiger partial charge is 0.380 e. The SMILES string of the molecule is CCC(C)(C)Nc1ccc(C(C)(C)CC)cc1. The van der Waals surface area contributed by atoms with Crippen LogP contribution in [0.5, 0.6) is 0 Å². The van der Waals surface area contributed by atoms with Crippen molar-refractivity contribution < 1.29 is 0 Å². The molecule has 0 aliphatic rings. The van der Waals surface area contributed by atoms with Gasteiger partial charge in [0.25, 0.3) is 0 Å². The van der Waals surface area contributed by atoms with Crippen LogP contribution >= 0.6 is 0 Å². The van der Waals surface area contributed by atoms with Crippen molar-refractivity contribution in [1.82, 2.24) is 0 Å². The Morgan fingerprint density at radius 3 is 1.82 bits per heavy atom. The molecule has 0 atom stereocenters. The van der Waals surface area contributed by atoms with E-state index in [0.717, 1.165) is 6.42 Å². The zero-order chi connectivity index (χ0) is 13.1. The Hall–Kier alpha value is -0.980. The van der Waals surface area contributed by atoms with Crippen LogP contribution in [0, 0.1) is 0 Å². The number of hydrogen-bond donors (Lipinski definition) is 1. The minimum Gasteiger partial charge on any atom is -0.380 e. The fourth-order valence-corrected chi connectivity index (χ4v) is 1.69. The standard InChI is InChI=1S/C16H27N/c1-7-15(3,4)13-9-11-14(12-10-13)17-16(5,6)8-2/h9-12,17H,7-8H2,1-6H3. The lowest BCUT2D eigenvalue weighted by Gasteiger charge is -2.27. The van der Waals surface area contributed by atoms with Gasteiger partial charge < -0.3 is 5.32 Å². The quantitative estimate of drug-likeness (QED) is 0.756. The molecule has 0 bridgehead atoms. The first-order valence-electron chi connectivity index (χ1n) is 6.69. The van der Waals surface area contributed by atoms with Gasteiger partial charge in [-0.3, -0.25) is 0 Å². The molecule has 1 aromatic carbocycles. The summed E-state index contributed by atoms with van der Waals surface area (Å²) in [5, 5.41) is 3.56. The normalized spacial score (nSPS) is 12.6. The molecule has 0 spiro atoms. The lowest BCUT2D eigenvalue weighted by atomic mass is 9.82. The smallest absolute Gasteiger partial charge is 0.0344 e. The average molecular weight is 233 g/mol. The third-order valence-electron chi connectivity index (χ3n) is 3.92. The van der Waals surface area contributed by atoms with Crippen molar-refractivity contribution in [3.05, 3.63) is 29.8 Å². The molecule has 0 aromatic heterocycles. The van der Waals surface area contributed by atoms with Crippen molar-refractivity contribution in [2.24, 2.45) is 0 Å². The van der Waals surface area contributed by atoms with Crippen LogP contribution in [0.15, 0.2) is 24.3 Å². The summed E-state index contributed by atoms with van der Waals surface area (Å²) in [5.41, 5.74) is 3.08. The van der Waals surface area contributed by atoms with Gasteiger partial charge in [-0.25, -0.2) is 0 Å². The van der Waals surface area contributed by atoms with Gasteiger partial charge in [0, 0.05) is 11.2 Å². The third kappa shape index (κ3) is 3.76. The Bertz CT molecular complexity index is 346. The number of hydrogen-bond acceptors (Lipinski definition) is 1. The minimum atomic E-state index is 0.168. The van der Waals surface area contributed by atoms with E-state index in [4.69, 9.17) is 0 Å². The summed E-state index contributed by atoms with van der Waals surface area (Å²) in [6.45, 7) is 13.5. The van der Waals surface area contributed by atoms with Crippen molar-refractivity contribution in [3.8, 4) is 0 Å². The van der Waals surface area contributed by atoms with Crippen LogP contribution in [0.2, 0.25) is 0 Å². The molecule has 0 aliphatic carbocycles. The van der Waals surface area contributed by atoms with Crippen LogP contribution < -0.4 is 5.32 Å². The molecule has 96 valence electrons. The molecule has 0 saturated carbocycles. The highest BCUT2D eigenvalue weighted by Crippen LogP contribution is 2.28. The first kappa shape index (κ1) is 14.1. The predicted molar refractivity (Wildman–Crippen MR) is 77.8 cm³/mol. The maximum atomic E-state index is 3.56. The number of benzene rings is 1. The van der Waals surface area contributed by atoms with Gasteiger partial charge in [0.15, 0.2) is 0 Å². The molecule has 0 aliphatic heterocycles. The molecular formula is C16H27N. The molecule has 1 nitrogen and oxygen atoms in total. The van der Waals surface area contributed by atoms with Gasteiger partial charge in [0.1, 0.15) is 0 Å². The molecule has 1 aromatic rings. The molecule has 1 N–H and O–H groups in total. The Morgan fingerprint density at radius 2 is 1.41 bits per heavy atom. The summed E-state index contributed by atoms with van der Waals surface area (Å²) in [4.78, 5) is 0. The van der Waals surface area contributed by atoms with Gasteiger partial charge in [-0.05, 0) is 49.8 Å². The topological polar surface area (TPSA) is 12.0 Å². The summed E-state index contributed by atoms with van der Waals surface area (Å²) in [6, 6.07) is 8.89. The third-order valence-corrected chi connectivity index (χ3v) is 3.92. The molecule has 1 heteroatoms. The first-order valence-corrected chi connectivity index (χ1v) is 6.69. The summed E-state index contributed by atoms with van der Waals surface area (Å²) >= 11 is 0. The fourth-order valence-electron chi connectivity index (χ4n) is 1.69. The van der Waals surface area contributed by atoms with E-state index in [9.17, 15) is 0 Å². The summed E-state index contributed by atoms with van der Waals surface area (Å²) in [5.74, 6) is 0. The summed E-state index contributed by atoms with van der Waals surface area (Å²) in [7, 11) is 0. The van der Waals surface area contributed by atoms with Crippen LogP contribution in [0.1, 0.15) is 59.9 Å². The van der Waals surface area contributed by atoms with E-state index in [-0.39, 0.29) is 11.0 Å². The lowest BCUT2D eigenvalue weighted by Crippen LogP contribution is -2.29. The second-order valence-corrected chi connectivity index (χ2v) is 6.18. The predicted octanol–water partition coefficient (Wildman–Crippen LogP) is 4.97. The monoisotopic (exact) mass is 233 g/mol. The molecular weight excluding hydrogens is 206 g/mol. The van der Waals surface area contributed by atoms with Crippen LogP contribution in [0.3, 0.4) is 0 Å². The molecule has 0 unspecified atom stereocenters. The molecule has 0 radical (unpaired) electrons. The Morgan fingerprint density at radius 1 is 0.882 bits per heavy atom. The summed E-state index contributed by atoms with van der Waals surface area (Å²) < 4.78 is 0. The van der Waals surface area contributed by atoms with Gasteiger partial charge >= 0.3 is 0 Å². The van der Waals surface area contributed by atoms with Gasteiger partial charge in [-0.2, -0.15) is 0 Å². The van der Waals surface area contributed by atoms with Gasteiger partial charge in [0.05, 0.1) is 0 Å². The van der Waals surface area contributed by atoms with Crippen molar-refractivity contribution in [2.75, 3.05) is 5.32 Å². The van der Waals surface area contributed by atoms with E-state index < -0.39 is 0 Å². The Balaban J connectivity index is 2.82. The average Bonchev–Trinajstić information content (AvgIpc) is 2.29. The van der Waals surface area contributed by atoms with Crippen molar-refractivity contribution in [2.45, 2.75) is 65.3 Å². The molecule has 0 amide bonds. The van der Waals surface area contributed by atoms with E-state index in [1.807, 2.05) is 0 Å². The minimum absolute atomic E-state index is 0.168. The van der Waals surface area contributed by atoms with E-state index in [1.165, 1.54) is 17.7 Å². The molecule has 0 heterocycles. The van der Waals surface area contributed by atoms with Gasteiger partial charge in [0.2, 0.25) is 0 Å². The van der Waals surface area contributed by atoms with Crippen LogP contribution in [-0.2, 0) is 5.41 Å². The van der Waals surface area contributed by atoms with Crippen molar-refractivity contribution in [1.29, 1.82) is 0 Å². The zero-order valence-corrected chi connectivity index (χ0v) is 12.2. The van der Waals surface area contributed by atoms with E-state index >= 15 is 0 Å². The van der Waals surface area contributed by atoms with Crippen molar-refractivity contribution >= 4 is 5.69 Å². The number of rotatable bonds is 5. The van der Waals surface area contributed by atoms with Crippen LogP contribution in [0.4, 0.5) is 5.69 Å². The fraction of sp³-hybridized carbons (Fsp3) is 0.625. The lowest BCUT2D eigenvalue weighted by molar-refractivity contribution is 0.506. The highest BCUT2D eigenvalue weighted by Gasteiger charge is 2.18. The highest BCUT2D eigenvalue weighted by atomic mass is 15.0. The van der Waals surface area contributed by atoms with Crippen LogP contribution in [-0.4, -0.2) is 5.54 Å². The molecule has 17 heavy (non-hydrogen) atoms. The summed E-state index contributed by atoms with van der Waals surface area (Å²) in [6.07, 6.45) is 2.29. The maximum absolute atomic E-state index is 3.56. The number of anilines is 1. The van der Waals surface area contributed by atoms with E-state index in [0.29, 0.717) is 0 Å². The molecule has 1 rings (SSSR count). The zero-order valence-electron chi connectivity index (χ0n) is 12.2.